The quantitative estimate of drug-likeness (QED) is 0.798. The van der Waals surface area contributed by atoms with Gasteiger partial charge in [-0.2, -0.15) is 0 Å². The van der Waals surface area contributed by atoms with Gasteiger partial charge in [0.25, 0.3) is 0 Å². The zero-order valence-corrected chi connectivity index (χ0v) is 13.6. The fraction of sp³-hybridized carbons (Fsp3) is 0.182. The summed E-state index contributed by atoms with van der Waals surface area (Å²) in [5.41, 5.74) is 6.50. The Kier molecular flexibility index (Phi) is 4.43. The van der Waals surface area contributed by atoms with E-state index < -0.39 is 20.7 Å². The maximum absolute atomic E-state index is 13.9. The lowest BCUT2D eigenvalue weighted by molar-refractivity contribution is 0.554. The number of aryl methyl sites for hydroxylation is 1. The van der Waals surface area contributed by atoms with Gasteiger partial charge in [0.05, 0.1) is 11.0 Å². The minimum absolute atomic E-state index is 0.00275. The van der Waals surface area contributed by atoms with Crippen molar-refractivity contribution < 1.29 is 12.8 Å². The number of aromatic nitrogens is 1. The molecule has 0 aliphatic rings. The summed E-state index contributed by atoms with van der Waals surface area (Å²) >= 11 is 4.26. The van der Waals surface area contributed by atoms with Gasteiger partial charge in [0.1, 0.15) is 9.90 Å². The van der Waals surface area contributed by atoms with Crippen molar-refractivity contribution in [2.24, 2.45) is 0 Å². The molecule has 3 N–H and O–H groups in total. The molecule has 20 heavy (non-hydrogen) atoms. The van der Waals surface area contributed by atoms with Crippen LogP contribution >= 0.6 is 27.3 Å². The molecule has 108 valence electrons. The first kappa shape index (κ1) is 15.4. The van der Waals surface area contributed by atoms with Crippen molar-refractivity contribution in [3.63, 3.8) is 0 Å². The molecule has 0 saturated carbocycles. The number of nitrogen functional groups attached to an aromatic ring is 1. The molecule has 1 aromatic heterocycles. The van der Waals surface area contributed by atoms with Crippen molar-refractivity contribution in [3.05, 3.63) is 38.5 Å². The standard InChI is InChI=1S/C11H11BrFN3O2S2/c1-6-5-19-10(16-6)4-15-20(17,18)9-3-7(14)2-8(12)11(9)13/h2-3,5,15H,4,14H2,1H3. The normalized spacial score (nSPS) is 11.8. The maximum atomic E-state index is 13.9. The number of thiazole rings is 1. The molecule has 0 spiro atoms. The lowest BCUT2D eigenvalue weighted by atomic mass is 10.3. The van der Waals surface area contributed by atoms with Crippen LogP contribution in [0.2, 0.25) is 0 Å². The zero-order chi connectivity index (χ0) is 14.9. The Hall–Kier alpha value is -1.03. The lowest BCUT2D eigenvalue weighted by Crippen LogP contribution is -2.24. The second-order valence-electron chi connectivity index (χ2n) is 4.02. The molecule has 1 heterocycles. The van der Waals surface area contributed by atoms with Crippen molar-refractivity contribution in [1.29, 1.82) is 0 Å². The Labute approximate surface area is 128 Å². The number of anilines is 1. The highest BCUT2D eigenvalue weighted by atomic mass is 79.9. The highest BCUT2D eigenvalue weighted by Crippen LogP contribution is 2.26. The van der Waals surface area contributed by atoms with Gasteiger partial charge in [-0.05, 0) is 35.0 Å². The third-order valence-electron chi connectivity index (χ3n) is 2.39. The summed E-state index contributed by atoms with van der Waals surface area (Å²) in [7, 11) is -3.99. The number of benzene rings is 1. The van der Waals surface area contributed by atoms with Crippen molar-refractivity contribution in [3.8, 4) is 0 Å². The van der Waals surface area contributed by atoms with E-state index in [2.05, 4.69) is 25.6 Å². The van der Waals surface area contributed by atoms with E-state index in [9.17, 15) is 12.8 Å². The molecule has 0 atom stereocenters. The topological polar surface area (TPSA) is 85.1 Å². The minimum Gasteiger partial charge on any atom is -0.399 e. The number of halogens is 2. The molecule has 9 heteroatoms. The molecule has 0 aliphatic carbocycles. The molecular weight excluding hydrogens is 369 g/mol. The van der Waals surface area contributed by atoms with E-state index in [0.717, 1.165) is 11.8 Å². The van der Waals surface area contributed by atoms with Gasteiger partial charge >= 0.3 is 0 Å². The van der Waals surface area contributed by atoms with Crippen LogP contribution in [0.1, 0.15) is 10.7 Å². The van der Waals surface area contributed by atoms with E-state index in [0.29, 0.717) is 5.01 Å². The Bertz CT molecular complexity index is 746. The number of rotatable bonds is 4. The van der Waals surface area contributed by atoms with E-state index in [-0.39, 0.29) is 16.7 Å². The first-order valence-electron chi connectivity index (χ1n) is 5.45. The third-order valence-corrected chi connectivity index (χ3v) is 5.33. The van der Waals surface area contributed by atoms with Gasteiger partial charge in [0, 0.05) is 16.8 Å². The summed E-state index contributed by atoms with van der Waals surface area (Å²) in [6.07, 6.45) is 0. The molecule has 0 aliphatic heterocycles. The van der Waals surface area contributed by atoms with Gasteiger partial charge in [-0.3, -0.25) is 0 Å². The predicted molar refractivity (Wildman–Crippen MR) is 79.4 cm³/mol. The number of nitrogens with two attached hydrogens (primary N) is 1. The van der Waals surface area contributed by atoms with Crippen molar-refractivity contribution in [2.75, 3.05) is 5.73 Å². The van der Waals surface area contributed by atoms with Crippen LogP contribution in [0.15, 0.2) is 26.9 Å². The van der Waals surface area contributed by atoms with E-state index in [4.69, 9.17) is 5.73 Å². The average molecular weight is 380 g/mol. The highest BCUT2D eigenvalue weighted by molar-refractivity contribution is 9.10. The number of hydrogen-bond acceptors (Lipinski definition) is 5. The Morgan fingerprint density at radius 1 is 1.50 bits per heavy atom. The van der Waals surface area contributed by atoms with Crippen LogP contribution in [0.3, 0.4) is 0 Å². The molecule has 1 aromatic carbocycles. The van der Waals surface area contributed by atoms with Crippen LogP contribution in [0, 0.1) is 12.7 Å². The van der Waals surface area contributed by atoms with Crippen molar-refractivity contribution in [2.45, 2.75) is 18.4 Å². The molecule has 5 nitrogen and oxygen atoms in total. The number of sulfonamides is 1. The van der Waals surface area contributed by atoms with Gasteiger partial charge in [0.2, 0.25) is 10.0 Å². The van der Waals surface area contributed by atoms with Crippen LogP contribution in [0.4, 0.5) is 10.1 Å². The molecule has 0 amide bonds. The van der Waals surface area contributed by atoms with Crippen LogP contribution in [-0.4, -0.2) is 13.4 Å². The summed E-state index contributed by atoms with van der Waals surface area (Å²) in [6, 6.07) is 2.38. The van der Waals surface area contributed by atoms with Crippen LogP contribution < -0.4 is 10.5 Å². The summed E-state index contributed by atoms with van der Waals surface area (Å²) in [5.74, 6) is -0.873. The SMILES string of the molecule is Cc1csc(CNS(=O)(=O)c2cc(N)cc(Br)c2F)n1. The maximum Gasteiger partial charge on any atom is 0.243 e. The van der Waals surface area contributed by atoms with Gasteiger partial charge < -0.3 is 5.73 Å². The van der Waals surface area contributed by atoms with Gasteiger partial charge in [0.15, 0.2) is 5.82 Å². The number of nitrogens with zero attached hydrogens (tertiary/aromatic N) is 1. The van der Waals surface area contributed by atoms with Crippen LogP contribution in [-0.2, 0) is 16.6 Å². The summed E-state index contributed by atoms with van der Waals surface area (Å²) in [5, 5.41) is 2.41. The zero-order valence-electron chi connectivity index (χ0n) is 10.4. The molecule has 2 aromatic rings. The Balaban J connectivity index is 2.27. The summed E-state index contributed by atoms with van der Waals surface area (Å²) < 4.78 is 40.4. The molecule has 0 radical (unpaired) electrons. The second kappa shape index (κ2) is 5.76. The number of nitrogens with one attached hydrogen (secondary N) is 1. The summed E-state index contributed by atoms with van der Waals surface area (Å²) in [4.78, 5) is 3.64. The monoisotopic (exact) mass is 379 g/mol. The van der Waals surface area contributed by atoms with Crippen LogP contribution in [0.25, 0.3) is 0 Å². The molecule has 0 bridgehead atoms. The van der Waals surface area contributed by atoms with Gasteiger partial charge in [-0.25, -0.2) is 22.5 Å². The van der Waals surface area contributed by atoms with E-state index >= 15 is 0 Å². The Morgan fingerprint density at radius 3 is 2.80 bits per heavy atom. The first-order valence-corrected chi connectivity index (χ1v) is 8.60. The minimum atomic E-state index is -3.99. The Morgan fingerprint density at radius 2 is 2.20 bits per heavy atom. The van der Waals surface area contributed by atoms with Gasteiger partial charge in [-0.1, -0.05) is 0 Å². The van der Waals surface area contributed by atoms with Gasteiger partial charge in [-0.15, -0.1) is 11.3 Å². The first-order chi connectivity index (χ1) is 9.29. The molecular formula is C11H11BrFN3O2S2. The van der Waals surface area contributed by atoms with Crippen molar-refractivity contribution in [1.82, 2.24) is 9.71 Å². The second-order valence-corrected chi connectivity index (χ2v) is 7.55. The lowest BCUT2D eigenvalue weighted by Gasteiger charge is -2.08. The largest absolute Gasteiger partial charge is 0.399 e. The van der Waals surface area contributed by atoms with E-state index in [1.165, 1.54) is 17.4 Å². The molecule has 0 fully saturated rings. The predicted octanol–water partition coefficient (Wildman–Crippen LogP) is 2.41. The molecule has 2 rings (SSSR count). The smallest absolute Gasteiger partial charge is 0.243 e. The number of hydrogen-bond donors (Lipinski definition) is 2. The van der Waals surface area contributed by atoms with Crippen molar-refractivity contribution >= 4 is 43.0 Å². The van der Waals surface area contributed by atoms with E-state index in [1.807, 2.05) is 6.92 Å². The van der Waals surface area contributed by atoms with E-state index in [1.54, 1.807) is 5.38 Å². The van der Waals surface area contributed by atoms with Crippen LogP contribution in [0.5, 0.6) is 0 Å². The fourth-order valence-corrected chi connectivity index (χ4v) is 4.03. The molecule has 0 saturated heterocycles. The molecule has 0 unspecified atom stereocenters. The average Bonchev–Trinajstić information content (AvgIpc) is 2.77. The highest BCUT2D eigenvalue weighted by Gasteiger charge is 2.21. The fourth-order valence-electron chi connectivity index (χ4n) is 1.50. The summed E-state index contributed by atoms with van der Waals surface area (Å²) in [6.45, 7) is 1.82. The third kappa shape index (κ3) is 3.35.